The van der Waals surface area contributed by atoms with Crippen molar-refractivity contribution in [3.05, 3.63) is 0 Å². The van der Waals surface area contributed by atoms with E-state index < -0.39 is 11.4 Å². The lowest BCUT2D eigenvalue weighted by atomic mass is 9.76. The molecule has 0 aliphatic heterocycles. The number of rotatable bonds is 7. The maximum absolute atomic E-state index is 12.0. The quantitative estimate of drug-likeness (QED) is 0.744. The molecule has 0 aliphatic carbocycles. The Balaban J connectivity index is 4.57. The first kappa shape index (κ1) is 16.9. The summed E-state index contributed by atoms with van der Waals surface area (Å²) in [4.78, 5) is 26.9. The number of hydrogen-bond donors (Lipinski definition) is 1. The number of carboxylic acids is 1. The van der Waals surface area contributed by atoms with Crippen LogP contribution in [0.3, 0.4) is 0 Å². The van der Waals surface area contributed by atoms with Crippen LogP contribution in [0.5, 0.6) is 0 Å². The van der Waals surface area contributed by atoms with Gasteiger partial charge in [0.15, 0.2) is 0 Å². The number of carbonyl (C=O) groups is 2. The molecule has 0 heterocycles. The third kappa shape index (κ3) is 4.64. The second-order valence-electron chi connectivity index (χ2n) is 5.67. The van der Waals surface area contributed by atoms with E-state index in [4.69, 9.17) is 0 Å². The number of hydrogen-bond acceptors (Lipinski definition) is 3. The van der Waals surface area contributed by atoms with Gasteiger partial charge < -0.3 is 14.9 Å². The van der Waals surface area contributed by atoms with Crippen LogP contribution < -0.4 is 0 Å². The van der Waals surface area contributed by atoms with Gasteiger partial charge in [0.2, 0.25) is 5.91 Å². The Morgan fingerprint density at radius 2 is 1.67 bits per heavy atom. The van der Waals surface area contributed by atoms with E-state index in [1.807, 2.05) is 32.8 Å². The van der Waals surface area contributed by atoms with Gasteiger partial charge in [-0.15, -0.1) is 0 Å². The predicted molar refractivity (Wildman–Crippen MR) is 71.4 cm³/mol. The first-order chi connectivity index (χ1) is 8.11. The smallest absolute Gasteiger partial charge is 0.310 e. The van der Waals surface area contributed by atoms with Crippen LogP contribution >= 0.6 is 0 Å². The van der Waals surface area contributed by atoms with Crippen molar-refractivity contribution in [2.45, 2.75) is 27.2 Å². The van der Waals surface area contributed by atoms with Crippen LogP contribution in [-0.4, -0.2) is 61.0 Å². The maximum Gasteiger partial charge on any atom is 0.310 e. The van der Waals surface area contributed by atoms with Gasteiger partial charge in [0.05, 0.1) is 5.41 Å². The van der Waals surface area contributed by atoms with Crippen molar-refractivity contribution < 1.29 is 14.7 Å². The molecule has 1 N–H and O–H groups in total. The van der Waals surface area contributed by atoms with Crippen LogP contribution in [-0.2, 0) is 9.59 Å². The molecule has 0 aliphatic rings. The van der Waals surface area contributed by atoms with Crippen molar-refractivity contribution in [3.63, 3.8) is 0 Å². The number of aliphatic carboxylic acids is 1. The molecule has 0 saturated carbocycles. The van der Waals surface area contributed by atoms with Crippen LogP contribution in [0.4, 0.5) is 0 Å². The lowest BCUT2D eigenvalue weighted by Gasteiger charge is -2.30. The highest BCUT2D eigenvalue weighted by Gasteiger charge is 2.39. The third-order valence-electron chi connectivity index (χ3n) is 3.59. The molecule has 0 rings (SSSR count). The van der Waals surface area contributed by atoms with Gasteiger partial charge in [-0.25, -0.2) is 0 Å². The topological polar surface area (TPSA) is 60.9 Å². The first-order valence-corrected chi connectivity index (χ1v) is 6.23. The van der Waals surface area contributed by atoms with E-state index in [9.17, 15) is 14.7 Å². The Bertz CT molecular complexity index is 303. The normalized spacial score (nSPS) is 14.7. The van der Waals surface area contributed by atoms with Crippen molar-refractivity contribution in [2.24, 2.45) is 11.3 Å². The van der Waals surface area contributed by atoms with Gasteiger partial charge in [-0.3, -0.25) is 9.59 Å². The zero-order chi connectivity index (χ0) is 14.5. The zero-order valence-electron chi connectivity index (χ0n) is 12.4. The molecule has 5 nitrogen and oxygen atoms in total. The average molecular weight is 258 g/mol. The number of carboxylic acid groups (broad SMARTS) is 1. The summed E-state index contributed by atoms with van der Waals surface area (Å²) in [6, 6.07) is 0. The van der Waals surface area contributed by atoms with E-state index in [0.717, 1.165) is 6.54 Å². The number of nitrogens with zero attached hydrogens (tertiary/aromatic N) is 2. The SMILES string of the molecule is CC(C)C(C)(CC(=O)N(C)CCN(C)C)C(=O)O. The number of amides is 1. The summed E-state index contributed by atoms with van der Waals surface area (Å²) in [7, 11) is 5.59. The minimum Gasteiger partial charge on any atom is -0.481 e. The summed E-state index contributed by atoms with van der Waals surface area (Å²) < 4.78 is 0. The van der Waals surface area contributed by atoms with Crippen LogP contribution in [0.2, 0.25) is 0 Å². The summed E-state index contributed by atoms with van der Waals surface area (Å²) >= 11 is 0. The predicted octanol–water partition coefficient (Wildman–Crippen LogP) is 1.14. The van der Waals surface area contributed by atoms with E-state index in [2.05, 4.69) is 0 Å². The van der Waals surface area contributed by atoms with Gasteiger partial charge in [-0.2, -0.15) is 0 Å². The molecule has 0 spiro atoms. The van der Waals surface area contributed by atoms with Gasteiger partial charge in [0.25, 0.3) is 0 Å². The monoisotopic (exact) mass is 258 g/mol. The minimum absolute atomic E-state index is 0.0456. The molecule has 1 atom stereocenters. The van der Waals surface area contributed by atoms with E-state index in [-0.39, 0.29) is 18.2 Å². The summed E-state index contributed by atoms with van der Waals surface area (Å²) in [6.07, 6.45) is 0.0456. The highest BCUT2D eigenvalue weighted by molar-refractivity contribution is 5.84. The minimum atomic E-state index is -0.997. The maximum atomic E-state index is 12.0. The molecule has 0 aromatic rings. The number of likely N-dealkylation sites (N-methyl/N-ethyl adjacent to an activating group) is 2. The molecule has 0 bridgehead atoms. The largest absolute Gasteiger partial charge is 0.481 e. The molecular formula is C13H26N2O3. The Labute approximate surface area is 110 Å². The van der Waals surface area contributed by atoms with E-state index >= 15 is 0 Å². The Hall–Kier alpha value is -1.10. The van der Waals surface area contributed by atoms with Crippen molar-refractivity contribution in [3.8, 4) is 0 Å². The highest BCUT2D eigenvalue weighted by atomic mass is 16.4. The summed E-state index contributed by atoms with van der Waals surface area (Å²) in [5.74, 6) is -1.11. The molecule has 106 valence electrons. The van der Waals surface area contributed by atoms with Crippen LogP contribution in [0.25, 0.3) is 0 Å². The molecule has 0 fully saturated rings. The molecule has 0 saturated heterocycles. The Morgan fingerprint density at radius 1 is 1.17 bits per heavy atom. The lowest BCUT2D eigenvalue weighted by Crippen LogP contribution is -2.41. The van der Waals surface area contributed by atoms with E-state index in [1.54, 1.807) is 18.9 Å². The second-order valence-corrected chi connectivity index (χ2v) is 5.67. The van der Waals surface area contributed by atoms with Gasteiger partial charge >= 0.3 is 5.97 Å². The fourth-order valence-corrected chi connectivity index (χ4v) is 1.45. The molecule has 1 amide bonds. The average Bonchev–Trinajstić information content (AvgIpc) is 2.24. The molecule has 1 unspecified atom stereocenters. The summed E-state index contributed by atoms with van der Waals surface area (Å²) in [6.45, 7) is 6.69. The molecule has 0 radical (unpaired) electrons. The van der Waals surface area contributed by atoms with Crippen LogP contribution in [0, 0.1) is 11.3 Å². The number of carbonyl (C=O) groups excluding carboxylic acids is 1. The van der Waals surface area contributed by atoms with Gasteiger partial charge in [0.1, 0.15) is 0 Å². The molecule has 5 heteroatoms. The molecule has 18 heavy (non-hydrogen) atoms. The standard InChI is InChI=1S/C13H26N2O3/c1-10(2)13(3,12(17)18)9-11(16)15(6)8-7-14(4)5/h10H,7-9H2,1-6H3,(H,17,18). The fourth-order valence-electron chi connectivity index (χ4n) is 1.45. The van der Waals surface area contributed by atoms with Crippen LogP contribution in [0.15, 0.2) is 0 Å². The Morgan fingerprint density at radius 3 is 2.00 bits per heavy atom. The van der Waals surface area contributed by atoms with Gasteiger partial charge in [-0.05, 0) is 26.9 Å². The highest BCUT2D eigenvalue weighted by Crippen LogP contribution is 2.31. The van der Waals surface area contributed by atoms with Crippen molar-refractivity contribution in [1.29, 1.82) is 0 Å². The van der Waals surface area contributed by atoms with Crippen LogP contribution in [0.1, 0.15) is 27.2 Å². The van der Waals surface area contributed by atoms with Crippen molar-refractivity contribution >= 4 is 11.9 Å². The third-order valence-corrected chi connectivity index (χ3v) is 3.59. The molecular weight excluding hydrogens is 232 g/mol. The fraction of sp³-hybridized carbons (Fsp3) is 0.846. The van der Waals surface area contributed by atoms with E-state index in [1.165, 1.54) is 0 Å². The van der Waals surface area contributed by atoms with Crippen molar-refractivity contribution in [1.82, 2.24) is 9.80 Å². The van der Waals surface area contributed by atoms with Gasteiger partial charge in [0, 0.05) is 26.6 Å². The summed E-state index contributed by atoms with van der Waals surface area (Å²) in [5.41, 5.74) is -0.997. The first-order valence-electron chi connectivity index (χ1n) is 6.23. The summed E-state index contributed by atoms with van der Waals surface area (Å²) in [5, 5.41) is 9.27. The molecule has 0 aromatic heterocycles. The second kappa shape index (κ2) is 6.73. The van der Waals surface area contributed by atoms with Crippen molar-refractivity contribution in [2.75, 3.05) is 34.2 Å². The lowest BCUT2D eigenvalue weighted by molar-refractivity contribution is -0.155. The van der Waals surface area contributed by atoms with E-state index in [0.29, 0.717) is 6.54 Å². The van der Waals surface area contributed by atoms with Gasteiger partial charge in [-0.1, -0.05) is 13.8 Å². The Kier molecular flexibility index (Phi) is 6.32. The zero-order valence-corrected chi connectivity index (χ0v) is 12.4. The molecule has 0 aromatic carbocycles.